The van der Waals surface area contributed by atoms with E-state index in [1.165, 1.54) is 12.1 Å². The van der Waals surface area contributed by atoms with E-state index >= 15 is 0 Å². The number of likely N-dealkylation sites (tertiary alicyclic amines) is 2. The van der Waals surface area contributed by atoms with Gasteiger partial charge in [0.25, 0.3) is 0 Å². The molecule has 2 aromatic rings. The third-order valence-corrected chi connectivity index (χ3v) is 6.46. The van der Waals surface area contributed by atoms with Crippen LogP contribution in [0.4, 0.5) is 4.39 Å². The van der Waals surface area contributed by atoms with Crippen molar-refractivity contribution in [3.63, 3.8) is 0 Å². The van der Waals surface area contributed by atoms with Crippen LogP contribution < -0.4 is 5.73 Å². The van der Waals surface area contributed by atoms with Crippen molar-refractivity contribution < 1.29 is 18.5 Å². The smallest absolute Gasteiger partial charge is 0.239 e. The highest BCUT2D eigenvalue weighted by atomic mass is 19.1. The van der Waals surface area contributed by atoms with Crippen LogP contribution in [-0.2, 0) is 9.59 Å². The maximum Gasteiger partial charge on any atom is 0.239 e. The number of primary amides is 1. The largest absolute Gasteiger partial charge is 0.369 e. The third-order valence-electron chi connectivity index (χ3n) is 6.46. The highest BCUT2D eigenvalue weighted by Gasteiger charge is 2.34. The van der Waals surface area contributed by atoms with Crippen molar-refractivity contribution in [2.24, 2.45) is 11.7 Å². The first kappa shape index (κ1) is 21.4. The van der Waals surface area contributed by atoms with Crippen LogP contribution in [0.25, 0.3) is 11.4 Å². The lowest BCUT2D eigenvalue weighted by Crippen LogP contribution is -2.52. The number of nitrogens with zero attached hydrogens (tertiary/aromatic N) is 4. The Morgan fingerprint density at radius 3 is 2.55 bits per heavy atom. The summed E-state index contributed by atoms with van der Waals surface area (Å²) in [5.74, 6) is 0.393. The fourth-order valence-electron chi connectivity index (χ4n) is 4.48. The summed E-state index contributed by atoms with van der Waals surface area (Å²) >= 11 is 0. The van der Waals surface area contributed by atoms with Crippen LogP contribution in [-0.4, -0.2) is 64.0 Å². The molecular formula is C22H28FN5O3. The molecule has 0 spiro atoms. The zero-order valence-corrected chi connectivity index (χ0v) is 17.7. The molecule has 0 radical (unpaired) electrons. The number of amides is 2. The number of hydrogen-bond acceptors (Lipinski definition) is 6. The van der Waals surface area contributed by atoms with E-state index < -0.39 is 0 Å². The number of benzene rings is 1. The molecular weight excluding hydrogens is 401 g/mol. The van der Waals surface area contributed by atoms with Crippen molar-refractivity contribution in [1.29, 1.82) is 0 Å². The van der Waals surface area contributed by atoms with E-state index in [0.717, 1.165) is 19.4 Å². The van der Waals surface area contributed by atoms with Crippen LogP contribution >= 0.6 is 0 Å². The molecule has 0 saturated carbocycles. The van der Waals surface area contributed by atoms with Crippen LogP contribution in [0.2, 0.25) is 0 Å². The van der Waals surface area contributed by atoms with Gasteiger partial charge in [-0.15, -0.1) is 0 Å². The lowest BCUT2D eigenvalue weighted by atomic mass is 9.94. The van der Waals surface area contributed by atoms with Gasteiger partial charge in [-0.1, -0.05) is 5.16 Å². The van der Waals surface area contributed by atoms with Gasteiger partial charge >= 0.3 is 0 Å². The molecule has 4 rings (SSSR count). The standard InChI is InChI=1S/C22H28FN5O3/c1-14(22(30)27-11-8-15(9-12-27)19(24)29)28-10-2-3-17(13-28)21-25-20(26-31-21)16-4-6-18(23)7-5-16/h4-7,14-15,17H,2-3,8-13H2,1H3,(H2,24,29). The summed E-state index contributed by atoms with van der Waals surface area (Å²) < 4.78 is 18.7. The van der Waals surface area contributed by atoms with E-state index in [2.05, 4.69) is 15.0 Å². The van der Waals surface area contributed by atoms with Gasteiger partial charge in [0.05, 0.1) is 12.0 Å². The molecule has 3 heterocycles. The van der Waals surface area contributed by atoms with Crippen molar-refractivity contribution in [3.8, 4) is 11.4 Å². The van der Waals surface area contributed by atoms with E-state index in [0.29, 0.717) is 49.8 Å². The van der Waals surface area contributed by atoms with Crippen molar-refractivity contribution in [1.82, 2.24) is 19.9 Å². The van der Waals surface area contributed by atoms with Crippen LogP contribution in [0.3, 0.4) is 0 Å². The van der Waals surface area contributed by atoms with Gasteiger partial charge in [0.2, 0.25) is 23.5 Å². The lowest BCUT2D eigenvalue weighted by Gasteiger charge is -2.38. The molecule has 2 N–H and O–H groups in total. The average molecular weight is 429 g/mol. The Labute approximate surface area is 180 Å². The first-order valence-corrected chi connectivity index (χ1v) is 10.8. The molecule has 2 aliphatic rings. The van der Waals surface area contributed by atoms with Crippen LogP contribution in [0.1, 0.15) is 44.4 Å². The molecule has 2 aliphatic heterocycles. The number of piperidine rings is 2. The number of nitrogens with two attached hydrogens (primary N) is 1. The topological polar surface area (TPSA) is 106 Å². The molecule has 8 nitrogen and oxygen atoms in total. The number of carbonyl (C=O) groups is 2. The molecule has 1 aromatic heterocycles. The fraction of sp³-hybridized carbons (Fsp3) is 0.545. The molecule has 2 unspecified atom stereocenters. The Balaban J connectivity index is 1.37. The zero-order valence-electron chi connectivity index (χ0n) is 17.7. The summed E-state index contributed by atoms with van der Waals surface area (Å²) in [5, 5.41) is 4.05. The SMILES string of the molecule is CC(C(=O)N1CCC(C(N)=O)CC1)N1CCCC(c2nc(-c3ccc(F)cc3)no2)C1. The summed E-state index contributed by atoms with van der Waals surface area (Å²) in [7, 11) is 0. The van der Waals surface area contributed by atoms with Gasteiger partial charge in [0, 0.05) is 31.1 Å². The Morgan fingerprint density at radius 2 is 1.87 bits per heavy atom. The summed E-state index contributed by atoms with van der Waals surface area (Å²) in [6.45, 7) is 4.57. The second-order valence-corrected chi connectivity index (χ2v) is 8.48. The average Bonchev–Trinajstić information content (AvgIpc) is 3.29. The molecule has 0 bridgehead atoms. The van der Waals surface area contributed by atoms with Crippen LogP contribution in [0.15, 0.2) is 28.8 Å². The fourth-order valence-corrected chi connectivity index (χ4v) is 4.48. The Morgan fingerprint density at radius 1 is 1.16 bits per heavy atom. The van der Waals surface area contributed by atoms with E-state index in [1.54, 1.807) is 12.1 Å². The van der Waals surface area contributed by atoms with Gasteiger partial charge in [-0.2, -0.15) is 4.98 Å². The van der Waals surface area contributed by atoms with Crippen molar-refractivity contribution >= 4 is 11.8 Å². The number of halogens is 1. The van der Waals surface area contributed by atoms with E-state index in [-0.39, 0.29) is 35.5 Å². The predicted molar refractivity (Wildman–Crippen MR) is 111 cm³/mol. The molecule has 1 aromatic carbocycles. The second kappa shape index (κ2) is 9.13. The highest BCUT2D eigenvalue weighted by molar-refractivity contribution is 5.82. The monoisotopic (exact) mass is 429 g/mol. The number of aromatic nitrogens is 2. The maximum absolute atomic E-state index is 13.2. The molecule has 2 fully saturated rings. The highest BCUT2D eigenvalue weighted by Crippen LogP contribution is 2.29. The van der Waals surface area contributed by atoms with Crippen molar-refractivity contribution in [2.45, 2.75) is 44.6 Å². The minimum absolute atomic E-state index is 0.0475. The summed E-state index contributed by atoms with van der Waals surface area (Å²) in [6, 6.07) is 5.73. The lowest BCUT2D eigenvalue weighted by molar-refractivity contribution is -0.139. The zero-order chi connectivity index (χ0) is 22.0. The minimum atomic E-state index is -0.312. The van der Waals surface area contributed by atoms with Crippen LogP contribution in [0, 0.1) is 11.7 Å². The molecule has 0 aliphatic carbocycles. The quantitative estimate of drug-likeness (QED) is 0.781. The van der Waals surface area contributed by atoms with E-state index in [9.17, 15) is 14.0 Å². The molecule has 2 amide bonds. The first-order valence-electron chi connectivity index (χ1n) is 10.8. The van der Waals surface area contributed by atoms with E-state index in [1.807, 2.05) is 11.8 Å². The van der Waals surface area contributed by atoms with Crippen molar-refractivity contribution in [3.05, 3.63) is 36.0 Å². The van der Waals surface area contributed by atoms with Gasteiger partial charge in [-0.3, -0.25) is 14.5 Å². The number of carbonyl (C=O) groups excluding carboxylic acids is 2. The van der Waals surface area contributed by atoms with Gasteiger partial charge in [0.15, 0.2) is 0 Å². The van der Waals surface area contributed by atoms with Crippen LogP contribution in [0.5, 0.6) is 0 Å². The van der Waals surface area contributed by atoms with Gasteiger partial charge in [0.1, 0.15) is 5.82 Å². The minimum Gasteiger partial charge on any atom is -0.369 e. The molecule has 2 saturated heterocycles. The first-order chi connectivity index (χ1) is 14.9. The number of rotatable bonds is 5. The predicted octanol–water partition coefficient (Wildman–Crippen LogP) is 2.17. The van der Waals surface area contributed by atoms with Gasteiger partial charge in [-0.05, 0) is 63.4 Å². The molecule has 2 atom stereocenters. The molecule has 166 valence electrons. The van der Waals surface area contributed by atoms with Crippen molar-refractivity contribution in [2.75, 3.05) is 26.2 Å². The molecule has 31 heavy (non-hydrogen) atoms. The summed E-state index contributed by atoms with van der Waals surface area (Å²) in [6.07, 6.45) is 3.10. The van der Waals surface area contributed by atoms with Gasteiger partial charge in [-0.25, -0.2) is 4.39 Å². The van der Waals surface area contributed by atoms with E-state index in [4.69, 9.17) is 10.3 Å². The summed E-state index contributed by atoms with van der Waals surface area (Å²) in [4.78, 5) is 32.9. The number of hydrogen-bond donors (Lipinski definition) is 1. The Hall–Kier alpha value is -2.81. The summed E-state index contributed by atoms with van der Waals surface area (Å²) in [5.41, 5.74) is 6.10. The maximum atomic E-state index is 13.2. The van der Waals surface area contributed by atoms with Gasteiger partial charge < -0.3 is 15.2 Å². The third kappa shape index (κ3) is 4.76. The Kier molecular flexibility index (Phi) is 6.31. The second-order valence-electron chi connectivity index (χ2n) is 8.48. The molecule has 9 heteroatoms. The Bertz CT molecular complexity index is 923. The normalized spacial score (nSPS) is 21.7.